The van der Waals surface area contributed by atoms with Gasteiger partial charge in [0.1, 0.15) is 0 Å². The fourth-order valence-corrected chi connectivity index (χ4v) is 2.02. The molecule has 10 heavy (non-hydrogen) atoms. The van der Waals surface area contributed by atoms with Gasteiger partial charge in [0.2, 0.25) is 0 Å². The third-order valence-electron chi connectivity index (χ3n) is 3.28. The van der Waals surface area contributed by atoms with Crippen molar-refractivity contribution in [2.24, 2.45) is 5.41 Å². The van der Waals surface area contributed by atoms with Gasteiger partial charge in [-0.05, 0) is 19.8 Å². The minimum absolute atomic E-state index is 0.160. The third-order valence-corrected chi connectivity index (χ3v) is 3.28. The highest BCUT2D eigenvalue weighted by Gasteiger charge is 2.58. The minimum atomic E-state index is 0.160. The van der Waals surface area contributed by atoms with Crippen LogP contribution in [0.1, 0.15) is 19.8 Å². The molecule has 2 radical (unpaired) electrons. The summed E-state index contributed by atoms with van der Waals surface area (Å²) in [5, 5.41) is 6.30. The van der Waals surface area contributed by atoms with Gasteiger partial charge < -0.3 is 10.5 Å². The van der Waals surface area contributed by atoms with E-state index in [2.05, 4.69) is 17.5 Å². The van der Waals surface area contributed by atoms with Gasteiger partial charge in [-0.25, -0.2) is 0 Å². The predicted molar refractivity (Wildman–Crippen MR) is 41.8 cm³/mol. The lowest BCUT2D eigenvalue weighted by molar-refractivity contribution is 0.325. The van der Waals surface area contributed by atoms with Crippen LogP contribution in [0.5, 0.6) is 0 Å². The largest absolute Gasteiger partial charge is 0.360 e. The van der Waals surface area contributed by atoms with Crippen LogP contribution in [-0.2, 0) is 0 Å². The summed E-state index contributed by atoms with van der Waals surface area (Å²) in [6.45, 7) is 4.37. The van der Waals surface area contributed by atoms with Crippen LogP contribution in [0.25, 0.3) is 0 Å². The fourth-order valence-electron chi connectivity index (χ4n) is 2.02. The summed E-state index contributed by atoms with van der Waals surface area (Å²) in [5.74, 6) is 0. The predicted octanol–water partition coefficient (Wildman–Crippen LogP) is -0.198. The molecular formula is C7H13BN2. The Morgan fingerprint density at radius 2 is 2.10 bits per heavy atom. The van der Waals surface area contributed by atoms with E-state index in [0.29, 0.717) is 5.41 Å². The molecule has 1 atom stereocenters. The van der Waals surface area contributed by atoms with Crippen LogP contribution < -0.4 is 10.5 Å². The topological polar surface area (TPSA) is 24.1 Å². The van der Waals surface area contributed by atoms with E-state index in [-0.39, 0.29) is 5.54 Å². The number of hydrogen-bond donors (Lipinski definition) is 2. The van der Waals surface area contributed by atoms with E-state index >= 15 is 0 Å². The Bertz CT molecular complexity index is 156. The second-order valence-corrected chi connectivity index (χ2v) is 3.86. The van der Waals surface area contributed by atoms with Gasteiger partial charge in [-0.15, -0.1) is 0 Å². The van der Waals surface area contributed by atoms with Gasteiger partial charge in [0.05, 0.1) is 0 Å². The first kappa shape index (κ1) is 6.68. The summed E-state index contributed by atoms with van der Waals surface area (Å²) in [5.41, 5.74) is 0.661. The first-order valence-corrected chi connectivity index (χ1v) is 3.91. The summed E-state index contributed by atoms with van der Waals surface area (Å²) in [7, 11) is 5.49. The van der Waals surface area contributed by atoms with Crippen molar-refractivity contribution in [2.75, 3.05) is 13.1 Å². The van der Waals surface area contributed by atoms with Gasteiger partial charge in [0.15, 0.2) is 7.98 Å². The maximum Gasteiger partial charge on any atom is 0.178 e. The lowest BCUT2D eigenvalue weighted by atomic mass is 9.84. The molecule has 1 heterocycles. The quantitative estimate of drug-likeness (QED) is 0.488. The Morgan fingerprint density at radius 3 is 2.50 bits per heavy atom. The molecule has 2 rings (SSSR count). The molecule has 2 nitrogen and oxygen atoms in total. The van der Waals surface area contributed by atoms with Crippen LogP contribution >= 0.6 is 0 Å². The fraction of sp³-hybridized carbons (Fsp3) is 1.00. The molecule has 1 saturated carbocycles. The van der Waals surface area contributed by atoms with Gasteiger partial charge in [-0.3, -0.25) is 0 Å². The van der Waals surface area contributed by atoms with Crippen LogP contribution in [0, 0.1) is 5.41 Å². The molecular weight excluding hydrogens is 123 g/mol. The summed E-state index contributed by atoms with van der Waals surface area (Å²) >= 11 is 0. The SMILES string of the molecule is [B]NC1(C)CNCC12CC2. The maximum absolute atomic E-state index is 5.49. The molecule has 1 spiro atoms. The highest BCUT2D eigenvalue weighted by atomic mass is 15.1. The molecule has 2 fully saturated rings. The molecule has 54 valence electrons. The molecule has 1 aliphatic carbocycles. The van der Waals surface area contributed by atoms with Crippen LogP contribution in [-0.4, -0.2) is 26.6 Å². The Hall–Kier alpha value is -0.0151. The molecule has 2 aliphatic rings. The van der Waals surface area contributed by atoms with Crippen molar-refractivity contribution >= 4 is 7.98 Å². The van der Waals surface area contributed by atoms with Crippen LogP contribution in [0.2, 0.25) is 0 Å². The lowest BCUT2D eigenvalue weighted by Crippen LogP contribution is -2.49. The number of hydrogen-bond acceptors (Lipinski definition) is 2. The van der Waals surface area contributed by atoms with Crippen molar-refractivity contribution in [3.8, 4) is 0 Å². The van der Waals surface area contributed by atoms with Crippen molar-refractivity contribution in [3.05, 3.63) is 0 Å². The summed E-state index contributed by atoms with van der Waals surface area (Å²) in [4.78, 5) is 0. The average molecular weight is 136 g/mol. The van der Waals surface area contributed by atoms with E-state index < -0.39 is 0 Å². The molecule has 1 saturated heterocycles. The van der Waals surface area contributed by atoms with E-state index in [4.69, 9.17) is 7.98 Å². The molecule has 2 N–H and O–H groups in total. The molecule has 0 aromatic heterocycles. The first-order chi connectivity index (χ1) is 4.72. The van der Waals surface area contributed by atoms with E-state index in [9.17, 15) is 0 Å². The van der Waals surface area contributed by atoms with Crippen LogP contribution in [0.4, 0.5) is 0 Å². The molecule has 1 unspecified atom stereocenters. The van der Waals surface area contributed by atoms with E-state index in [1.54, 1.807) is 0 Å². The Labute approximate surface area is 63.2 Å². The van der Waals surface area contributed by atoms with Gasteiger partial charge >= 0.3 is 0 Å². The molecule has 3 heteroatoms. The van der Waals surface area contributed by atoms with Crippen molar-refractivity contribution in [1.82, 2.24) is 10.5 Å². The van der Waals surface area contributed by atoms with Gasteiger partial charge in [-0.1, -0.05) is 0 Å². The zero-order valence-corrected chi connectivity index (χ0v) is 6.41. The lowest BCUT2D eigenvalue weighted by Gasteiger charge is -2.30. The smallest absolute Gasteiger partial charge is 0.178 e. The summed E-state index contributed by atoms with van der Waals surface area (Å²) < 4.78 is 0. The van der Waals surface area contributed by atoms with E-state index in [0.717, 1.165) is 13.1 Å². The Balaban J connectivity index is 2.20. The van der Waals surface area contributed by atoms with E-state index in [1.807, 2.05) is 0 Å². The normalized spacial score (nSPS) is 42.5. The average Bonchev–Trinajstić information content (AvgIpc) is 2.61. The van der Waals surface area contributed by atoms with Crippen LogP contribution in [0.15, 0.2) is 0 Å². The summed E-state index contributed by atoms with van der Waals surface area (Å²) in [6.07, 6.45) is 2.67. The Kier molecular flexibility index (Phi) is 1.18. The zero-order chi connectivity index (χ0) is 7.24. The highest BCUT2D eigenvalue weighted by Crippen LogP contribution is 2.55. The van der Waals surface area contributed by atoms with E-state index in [1.165, 1.54) is 12.8 Å². The minimum Gasteiger partial charge on any atom is -0.360 e. The highest BCUT2D eigenvalue weighted by molar-refractivity contribution is 6.05. The van der Waals surface area contributed by atoms with Crippen molar-refractivity contribution < 1.29 is 0 Å². The standard InChI is InChI=1S/C7H13BN2/c1-6(10-8)4-9-5-7(6)2-3-7/h9-10H,2-5H2,1H3. The van der Waals surface area contributed by atoms with Crippen molar-refractivity contribution in [2.45, 2.75) is 25.3 Å². The molecule has 0 bridgehead atoms. The van der Waals surface area contributed by atoms with Crippen LogP contribution in [0.3, 0.4) is 0 Å². The van der Waals surface area contributed by atoms with Gasteiger partial charge in [-0.2, -0.15) is 0 Å². The molecule has 0 aromatic rings. The molecule has 1 aliphatic heterocycles. The number of nitrogens with one attached hydrogen (secondary N) is 2. The van der Waals surface area contributed by atoms with Crippen molar-refractivity contribution in [3.63, 3.8) is 0 Å². The molecule has 0 aromatic carbocycles. The Morgan fingerprint density at radius 1 is 1.40 bits per heavy atom. The zero-order valence-electron chi connectivity index (χ0n) is 6.41. The number of rotatable bonds is 1. The van der Waals surface area contributed by atoms with Gasteiger partial charge in [0, 0.05) is 24.0 Å². The first-order valence-electron chi connectivity index (χ1n) is 3.91. The monoisotopic (exact) mass is 136 g/mol. The molecule has 0 amide bonds. The second kappa shape index (κ2) is 1.77. The van der Waals surface area contributed by atoms with Gasteiger partial charge in [0.25, 0.3) is 0 Å². The third kappa shape index (κ3) is 0.624. The van der Waals surface area contributed by atoms with Crippen molar-refractivity contribution in [1.29, 1.82) is 0 Å². The maximum atomic E-state index is 5.49. The summed E-state index contributed by atoms with van der Waals surface area (Å²) in [6, 6.07) is 0. The second-order valence-electron chi connectivity index (χ2n) is 3.86.